The molecule has 2 aromatic rings. The van der Waals surface area contributed by atoms with Gasteiger partial charge in [-0.2, -0.15) is 0 Å². The Bertz CT molecular complexity index is 909. The second kappa shape index (κ2) is 10.4. The van der Waals surface area contributed by atoms with Crippen LogP contribution in [-0.2, 0) is 16.0 Å². The normalized spacial score (nSPS) is 18.4. The maximum atomic E-state index is 13.1. The number of anilines is 1. The van der Waals surface area contributed by atoms with E-state index in [9.17, 15) is 9.59 Å². The molecule has 1 aliphatic rings. The molecule has 0 saturated carbocycles. The number of hydrogen-bond donors (Lipinski definition) is 1. The standard InChI is InChI=1S/C26H34N2O3S/c1-25(2,3)31-24(30)28-18-9-17-26(28,4)23(29)27-21-13-15-22(16-14-21)32-19-8-12-20-10-6-5-7-11-20/h5-7,10-11,13-16H,8-9,12,17-19H2,1-4H3,(H,27,29)/t26-/m0/s1. The molecule has 0 unspecified atom stereocenters. The summed E-state index contributed by atoms with van der Waals surface area (Å²) >= 11 is 1.82. The fraction of sp³-hybridized carbons (Fsp3) is 0.462. The van der Waals surface area contributed by atoms with Gasteiger partial charge in [0, 0.05) is 17.1 Å². The third-order valence-electron chi connectivity index (χ3n) is 5.58. The topological polar surface area (TPSA) is 58.6 Å². The molecule has 1 aliphatic heterocycles. The Morgan fingerprint density at radius 2 is 1.78 bits per heavy atom. The van der Waals surface area contributed by atoms with Crippen molar-refractivity contribution < 1.29 is 14.3 Å². The smallest absolute Gasteiger partial charge is 0.411 e. The Hall–Kier alpha value is -2.47. The van der Waals surface area contributed by atoms with Crippen molar-refractivity contribution in [2.24, 2.45) is 0 Å². The lowest BCUT2D eigenvalue weighted by atomic mass is 9.97. The lowest BCUT2D eigenvalue weighted by molar-refractivity contribution is -0.125. The molecule has 172 valence electrons. The Labute approximate surface area is 195 Å². The molecule has 0 bridgehead atoms. The molecule has 1 atom stereocenters. The molecule has 5 nitrogen and oxygen atoms in total. The first kappa shape index (κ1) is 24.2. The van der Waals surface area contributed by atoms with Crippen molar-refractivity contribution >= 4 is 29.4 Å². The summed E-state index contributed by atoms with van der Waals surface area (Å²) < 4.78 is 5.51. The van der Waals surface area contributed by atoms with E-state index >= 15 is 0 Å². The molecule has 0 radical (unpaired) electrons. The van der Waals surface area contributed by atoms with Crippen LogP contribution in [0.4, 0.5) is 10.5 Å². The summed E-state index contributed by atoms with van der Waals surface area (Å²) in [6, 6.07) is 18.4. The summed E-state index contributed by atoms with van der Waals surface area (Å²) in [7, 11) is 0. The minimum Gasteiger partial charge on any atom is -0.444 e. The number of amides is 2. The highest BCUT2D eigenvalue weighted by atomic mass is 32.2. The zero-order valence-electron chi connectivity index (χ0n) is 19.5. The highest BCUT2D eigenvalue weighted by Crippen LogP contribution is 2.32. The largest absolute Gasteiger partial charge is 0.444 e. The lowest BCUT2D eigenvalue weighted by Crippen LogP contribution is -2.54. The summed E-state index contributed by atoms with van der Waals surface area (Å²) in [6.07, 6.45) is 3.16. The summed E-state index contributed by atoms with van der Waals surface area (Å²) in [6.45, 7) is 7.84. The summed E-state index contributed by atoms with van der Waals surface area (Å²) in [4.78, 5) is 28.4. The molecular weight excluding hydrogens is 420 g/mol. The number of ether oxygens (including phenoxy) is 1. The molecule has 1 fully saturated rings. The fourth-order valence-electron chi connectivity index (χ4n) is 3.82. The van der Waals surface area contributed by atoms with Crippen LogP contribution in [0.5, 0.6) is 0 Å². The molecule has 0 aliphatic carbocycles. The summed E-state index contributed by atoms with van der Waals surface area (Å²) in [5.41, 5.74) is 0.603. The number of aryl methyl sites for hydroxylation is 1. The van der Waals surface area contributed by atoms with Gasteiger partial charge in [-0.05, 0) is 89.0 Å². The Kier molecular flexibility index (Phi) is 7.88. The molecule has 1 heterocycles. The summed E-state index contributed by atoms with van der Waals surface area (Å²) in [5.74, 6) is 0.868. The van der Waals surface area contributed by atoms with Gasteiger partial charge in [0.2, 0.25) is 5.91 Å². The molecule has 1 N–H and O–H groups in total. The minimum atomic E-state index is -0.910. The second-order valence-electron chi connectivity index (χ2n) is 9.43. The first-order valence-electron chi connectivity index (χ1n) is 11.3. The minimum absolute atomic E-state index is 0.177. The van der Waals surface area contributed by atoms with Gasteiger partial charge in [-0.3, -0.25) is 9.69 Å². The number of carbonyl (C=O) groups excluding carboxylic acids is 2. The fourth-order valence-corrected chi connectivity index (χ4v) is 4.67. The maximum Gasteiger partial charge on any atom is 0.411 e. The van der Waals surface area contributed by atoms with E-state index < -0.39 is 17.2 Å². The third-order valence-corrected chi connectivity index (χ3v) is 6.68. The van der Waals surface area contributed by atoms with E-state index in [-0.39, 0.29) is 5.91 Å². The number of likely N-dealkylation sites (tertiary alicyclic amines) is 1. The van der Waals surface area contributed by atoms with Crippen molar-refractivity contribution in [1.82, 2.24) is 4.90 Å². The third kappa shape index (κ3) is 6.52. The van der Waals surface area contributed by atoms with Crippen LogP contribution in [0.15, 0.2) is 59.5 Å². The van der Waals surface area contributed by atoms with E-state index in [1.54, 1.807) is 4.90 Å². The van der Waals surface area contributed by atoms with Crippen LogP contribution >= 0.6 is 11.8 Å². The van der Waals surface area contributed by atoms with Crippen molar-refractivity contribution in [3.8, 4) is 0 Å². The first-order chi connectivity index (χ1) is 15.2. The van der Waals surface area contributed by atoms with E-state index in [2.05, 4.69) is 29.6 Å². The van der Waals surface area contributed by atoms with Crippen molar-refractivity contribution in [2.75, 3.05) is 17.6 Å². The maximum absolute atomic E-state index is 13.1. The highest BCUT2D eigenvalue weighted by Gasteiger charge is 2.47. The lowest BCUT2D eigenvalue weighted by Gasteiger charge is -2.35. The molecule has 6 heteroatoms. The molecule has 1 saturated heterocycles. The monoisotopic (exact) mass is 454 g/mol. The molecule has 3 rings (SSSR count). The average molecular weight is 455 g/mol. The van der Waals surface area contributed by atoms with Gasteiger partial charge in [0.25, 0.3) is 0 Å². The van der Waals surface area contributed by atoms with Gasteiger partial charge in [0.05, 0.1) is 0 Å². The van der Waals surface area contributed by atoms with Gasteiger partial charge < -0.3 is 10.1 Å². The van der Waals surface area contributed by atoms with Crippen molar-refractivity contribution in [1.29, 1.82) is 0 Å². The van der Waals surface area contributed by atoms with E-state index in [1.807, 2.05) is 69.8 Å². The van der Waals surface area contributed by atoms with Gasteiger partial charge in [-0.1, -0.05) is 30.3 Å². The molecule has 2 aromatic carbocycles. The predicted octanol–water partition coefficient (Wildman–Crippen LogP) is 6.14. The number of carbonyl (C=O) groups is 2. The van der Waals surface area contributed by atoms with Gasteiger partial charge >= 0.3 is 6.09 Å². The molecule has 2 amide bonds. The van der Waals surface area contributed by atoms with Crippen LogP contribution < -0.4 is 5.32 Å². The zero-order valence-corrected chi connectivity index (χ0v) is 20.3. The van der Waals surface area contributed by atoms with E-state index in [0.717, 1.165) is 30.7 Å². The van der Waals surface area contributed by atoms with E-state index in [4.69, 9.17) is 4.74 Å². The number of nitrogens with zero attached hydrogens (tertiary/aromatic N) is 1. The number of hydrogen-bond acceptors (Lipinski definition) is 4. The Morgan fingerprint density at radius 3 is 2.44 bits per heavy atom. The van der Waals surface area contributed by atoms with E-state index in [1.165, 1.54) is 10.5 Å². The van der Waals surface area contributed by atoms with Crippen LogP contribution in [0.2, 0.25) is 0 Å². The van der Waals surface area contributed by atoms with Gasteiger partial charge in [0.1, 0.15) is 11.1 Å². The van der Waals surface area contributed by atoms with Gasteiger partial charge in [0.15, 0.2) is 0 Å². The average Bonchev–Trinajstić information content (AvgIpc) is 3.15. The van der Waals surface area contributed by atoms with Crippen molar-refractivity contribution in [3.05, 3.63) is 60.2 Å². The molecule has 0 aromatic heterocycles. The van der Waals surface area contributed by atoms with Crippen LogP contribution in [0, 0.1) is 0 Å². The van der Waals surface area contributed by atoms with Crippen LogP contribution in [0.3, 0.4) is 0 Å². The number of nitrogens with one attached hydrogen (secondary N) is 1. The SMILES string of the molecule is CC(C)(C)OC(=O)N1CCC[C@@]1(C)C(=O)Nc1ccc(SCCCc2ccccc2)cc1. The Morgan fingerprint density at radius 1 is 1.09 bits per heavy atom. The molecular formula is C26H34N2O3S. The predicted molar refractivity (Wildman–Crippen MR) is 131 cm³/mol. The van der Waals surface area contributed by atoms with Crippen LogP contribution in [0.1, 0.15) is 52.5 Å². The van der Waals surface area contributed by atoms with Crippen molar-refractivity contribution in [2.45, 2.75) is 69.4 Å². The number of benzene rings is 2. The first-order valence-corrected chi connectivity index (χ1v) is 12.2. The molecule has 32 heavy (non-hydrogen) atoms. The second-order valence-corrected chi connectivity index (χ2v) is 10.6. The Balaban J connectivity index is 1.51. The zero-order chi connectivity index (χ0) is 23.2. The highest BCUT2D eigenvalue weighted by molar-refractivity contribution is 7.99. The number of thioether (sulfide) groups is 1. The van der Waals surface area contributed by atoms with Crippen LogP contribution in [0.25, 0.3) is 0 Å². The van der Waals surface area contributed by atoms with Gasteiger partial charge in [-0.25, -0.2) is 4.79 Å². The van der Waals surface area contributed by atoms with Crippen LogP contribution in [-0.4, -0.2) is 40.3 Å². The quantitative estimate of drug-likeness (QED) is 0.403. The summed E-state index contributed by atoms with van der Waals surface area (Å²) in [5, 5.41) is 2.99. The van der Waals surface area contributed by atoms with E-state index in [0.29, 0.717) is 13.0 Å². The molecule has 0 spiro atoms. The van der Waals surface area contributed by atoms with Gasteiger partial charge in [-0.15, -0.1) is 11.8 Å². The van der Waals surface area contributed by atoms with Crippen molar-refractivity contribution in [3.63, 3.8) is 0 Å². The number of rotatable bonds is 7.